The van der Waals surface area contributed by atoms with Crippen LogP contribution in [0.15, 0.2) is 30.3 Å². The second-order valence-electron chi connectivity index (χ2n) is 5.12. The van der Waals surface area contributed by atoms with Gasteiger partial charge >= 0.3 is 5.97 Å². The van der Waals surface area contributed by atoms with Gasteiger partial charge in [0.05, 0.1) is 13.5 Å². The summed E-state index contributed by atoms with van der Waals surface area (Å²) in [7, 11) is -0.937. The minimum atomic E-state index is -3.67. The van der Waals surface area contributed by atoms with Gasteiger partial charge < -0.3 is 10.5 Å². The monoisotopic (exact) mass is 343 g/mol. The number of ether oxygens (including phenoxy) is 1. The minimum absolute atomic E-state index is 0.0162. The summed E-state index contributed by atoms with van der Waals surface area (Å²) in [5.74, 6) is -0.441. The van der Waals surface area contributed by atoms with Gasteiger partial charge in [-0.3, -0.25) is 4.79 Å². The third-order valence-corrected chi connectivity index (χ3v) is 5.33. The summed E-state index contributed by atoms with van der Waals surface area (Å²) in [6, 6.07) is 9.36. The van der Waals surface area contributed by atoms with E-state index in [2.05, 4.69) is 4.74 Å². The largest absolute Gasteiger partial charge is 0.469 e. The zero-order valence-electron chi connectivity index (χ0n) is 13.6. The van der Waals surface area contributed by atoms with Crippen molar-refractivity contribution in [1.82, 2.24) is 8.61 Å². The predicted molar refractivity (Wildman–Crippen MR) is 88.7 cm³/mol. The molecule has 0 unspecified atom stereocenters. The number of benzene rings is 1. The lowest BCUT2D eigenvalue weighted by Gasteiger charge is -2.27. The SMILES string of the molecule is COC(=O)CCN(C)S(=O)(=O)N(CCCN)Cc1ccccc1. The Labute approximate surface area is 138 Å². The molecule has 23 heavy (non-hydrogen) atoms. The Hall–Kier alpha value is -1.48. The first-order valence-electron chi connectivity index (χ1n) is 7.44. The Morgan fingerprint density at radius 3 is 2.43 bits per heavy atom. The number of carbonyl (C=O) groups is 1. The van der Waals surface area contributed by atoms with Gasteiger partial charge in [0.25, 0.3) is 10.2 Å². The fraction of sp³-hybridized carbons (Fsp3) is 0.533. The van der Waals surface area contributed by atoms with Crippen molar-refractivity contribution in [2.75, 3.05) is 33.8 Å². The first-order valence-corrected chi connectivity index (χ1v) is 8.83. The lowest BCUT2D eigenvalue weighted by molar-refractivity contribution is -0.140. The molecule has 0 bridgehead atoms. The van der Waals surface area contributed by atoms with E-state index in [0.29, 0.717) is 19.5 Å². The van der Waals surface area contributed by atoms with Crippen molar-refractivity contribution in [3.05, 3.63) is 35.9 Å². The van der Waals surface area contributed by atoms with E-state index in [0.717, 1.165) is 5.56 Å². The van der Waals surface area contributed by atoms with E-state index < -0.39 is 16.2 Å². The fourth-order valence-electron chi connectivity index (χ4n) is 1.99. The topological polar surface area (TPSA) is 92.9 Å². The minimum Gasteiger partial charge on any atom is -0.469 e. The smallest absolute Gasteiger partial charge is 0.306 e. The molecule has 1 aromatic carbocycles. The van der Waals surface area contributed by atoms with Gasteiger partial charge in [0.1, 0.15) is 0 Å². The molecule has 0 aliphatic rings. The lowest BCUT2D eigenvalue weighted by Crippen LogP contribution is -2.43. The molecule has 1 aromatic rings. The van der Waals surface area contributed by atoms with Gasteiger partial charge in [-0.25, -0.2) is 0 Å². The van der Waals surface area contributed by atoms with Gasteiger partial charge in [0.2, 0.25) is 0 Å². The number of hydrogen-bond donors (Lipinski definition) is 1. The van der Waals surface area contributed by atoms with E-state index in [1.165, 1.54) is 22.8 Å². The van der Waals surface area contributed by atoms with Crippen LogP contribution < -0.4 is 5.73 Å². The van der Waals surface area contributed by atoms with Crippen molar-refractivity contribution < 1.29 is 17.9 Å². The Bertz CT molecular complexity index is 578. The highest BCUT2D eigenvalue weighted by Gasteiger charge is 2.27. The highest BCUT2D eigenvalue weighted by Crippen LogP contribution is 2.13. The van der Waals surface area contributed by atoms with Crippen LogP contribution in [0, 0.1) is 0 Å². The average Bonchev–Trinajstić information content (AvgIpc) is 2.56. The summed E-state index contributed by atoms with van der Waals surface area (Å²) in [4.78, 5) is 11.2. The quantitative estimate of drug-likeness (QED) is 0.627. The second kappa shape index (κ2) is 9.61. The predicted octanol–water partition coefficient (Wildman–Crippen LogP) is 0.577. The average molecular weight is 343 g/mol. The van der Waals surface area contributed by atoms with Crippen LogP contribution >= 0.6 is 0 Å². The van der Waals surface area contributed by atoms with Crippen molar-refractivity contribution in [1.29, 1.82) is 0 Å². The highest BCUT2D eigenvalue weighted by atomic mass is 32.2. The zero-order valence-corrected chi connectivity index (χ0v) is 14.5. The number of carbonyl (C=O) groups excluding carboxylic acids is 1. The zero-order chi connectivity index (χ0) is 17.3. The normalized spacial score (nSPS) is 11.9. The van der Waals surface area contributed by atoms with E-state index in [1.54, 1.807) is 0 Å². The number of nitrogens with zero attached hydrogens (tertiary/aromatic N) is 2. The van der Waals surface area contributed by atoms with Crippen LogP contribution in [-0.4, -0.2) is 56.8 Å². The first kappa shape index (κ1) is 19.6. The standard InChI is InChI=1S/C15H25N3O4S/c1-17(12-9-15(19)22-2)23(20,21)18(11-6-10-16)13-14-7-4-3-5-8-14/h3-5,7-8H,6,9-13,16H2,1-2H3. The number of nitrogens with two attached hydrogens (primary N) is 1. The van der Waals surface area contributed by atoms with Gasteiger partial charge in [0.15, 0.2) is 0 Å². The van der Waals surface area contributed by atoms with E-state index in [-0.39, 0.29) is 19.5 Å². The van der Waals surface area contributed by atoms with Gasteiger partial charge in [-0.2, -0.15) is 17.0 Å². The van der Waals surface area contributed by atoms with Gasteiger partial charge in [-0.05, 0) is 18.5 Å². The van der Waals surface area contributed by atoms with Crippen molar-refractivity contribution >= 4 is 16.2 Å². The molecule has 0 atom stereocenters. The number of esters is 1. The molecular weight excluding hydrogens is 318 g/mol. The van der Waals surface area contributed by atoms with E-state index in [9.17, 15) is 13.2 Å². The molecule has 0 saturated heterocycles. The summed E-state index contributed by atoms with van der Waals surface area (Å²) >= 11 is 0. The molecule has 0 radical (unpaired) electrons. The molecule has 0 heterocycles. The second-order valence-corrected chi connectivity index (χ2v) is 7.15. The molecule has 2 N–H and O–H groups in total. The van der Waals surface area contributed by atoms with Crippen LogP contribution in [0.5, 0.6) is 0 Å². The Morgan fingerprint density at radius 1 is 1.22 bits per heavy atom. The Morgan fingerprint density at radius 2 is 1.87 bits per heavy atom. The van der Waals surface area contributed by atoms with E-state index in [1.807, 2.05) is 30.3 Å². The molecular formula is C15H25N3O4S. The molecule has 8 heteroatoms. The third kappa shape index (κ3) is 6.26. The first-order chi connectivity index (χ1) is 10.9. The summed E-state index contributed by atoms with van der Waals surface area (Å²) in [5, 5.41) is 0. The molecule has 0 aromatic heterocycles. The third-order valence-electron chi connectivity index (χ3n) is 3.39. The molecule has 130 valence electrons. The highest BCUT2D eigenvalue weighted by molar-refractivity contribution is 7.86. The van der Waals surface area contributed by atoms with Crippen LogP contribution in [0.3, 0.4) is 0 Å². The van der Waals surface area contributed by atoms with Crippen LogP contribution in [0.4, 0.5) is 0 Å². The number of hydrogen-bond acceptors (Lipinski definition) is 5. The molecule has 0 aliphatic carbocycles. The molecule has 0 spiro atoms. The van der Waals surface area contributed by atoms with Crippen LogP contribution in [0.25, 0.3) is 0 Å². The maximum atomic E-state index is 12.7. The summed E-state index contributed by atoms with van der Waals surface area (Å²) in [6.07, 6.45) is 0.583. The Kier molecular flexibility index (Phi) is 8.18. The van der Waals surface area contributed by atoms with Gasteiger partial charge in [0, 0.05) is 26.7 Å². The maximum absolute atomic E-state index is 12.7. The van der Waals surface area contributed by atoms with E-state index in [4.69, 9.17) is 5.73 Å². The summed E-state index contributed by atoms with van der Waals surface area (Å²) in [6.45, 7) is 1.08. The number of methoxy groups -OCH3 is 1. The van der Waals surface area contributed by atoms with Crippen molar-refractivity contribution in [3.8, 4) is 0 Å². The van der Waals surface area contributed by atoms with E-state index >= 15 is 0 Å². The van der Waals surface area contributed by atoms with Crippen LogP contribution in [0.2, 0.25) is 0 Å². The molecule has 7 nitrogen and oxygen atoms in total. The number of rotatable bonds is 10. The molecule has 0 fully saturated rings. The van der Waals surface area contributed by atoms with Crippen molar-refractivity contribution in [3.63, 3.8) is 0 Å². The molecule has 0 amide bonds. The van der Waals surface area contributed by atoms with Gasteiger partial charge in [-0.15, -0.1) is 0 Å². The maximum Gasteiger partial charge on any atom is 0.306 e. The molecule has 1 rings (SSSR count). The molecule has 0 saturated carbocycles. The molecule has 0 aliphatic heterocycles. The lowest BCUT2D eigenvalue weighted by atomic mass is 10.2. The summed E-state index contributed by atoms with van der Waals surface area (Å²) < 4.78 is 32.5. The summed E-state index contributed by atoms with van der Waals surface area (Å²) in [5.41, 5.74) is 6.41. The van der Waals surface area contributed by atoms with Crippen molar-refractivity contribution in [2.24, 2.45) is 5.73 Å². The Balaban J connectivity index is 2.83. The van der Waals surface area contributed by atoms with Crippen LogP contribution in [0.1, 0.15) is 18.4 Å². The van der Waals surface area contributed by atoms with Crippen LogP contribution in [-0.2, 0) is 26.3 Å². The fourth-order valence-corrected chi connectivity index (χ4v) is 3.38. The van der Waals surface area contributed by atoms with Crippen molar-refractivity contribution in [2.45, 2.75) is 19.4 Å². The van der Waals surface area contributed by atoms with Gasteiger partial charge in [-0.1, -0.05) is 30.3 Å².